The van der Waals surface area contributed by atoms with Gasteiger partial charge in [0.2, 0.25) is 5.78 Å². The van der Waals surface area contributed by atoms with Crippen molar-refractivity contribution in [2.45, 2.75) is 45.1 Å². The van der Waals surface area contributed by atoms with Gasteiger partial charge in [0.05, 0.1) is 28.5 Å². The molecular weight excluding hydrogens is 482 g/mol. The molecule has 2 aromatic carbocycles. The van der Waals surface area contributed by atoms with Gasteiger partial charge in [-0.2, -0.15) is 0 Å². The third-order valence-electron chi connectivity index (χ3n) is 6.42. The number of hydrogen-bond acceptors (Lipinski definition) is 7. The highest BCUT2D eigenvalue weighted by Crippen LogP contribution is 2.34. The van der Waals surface area contributed by atoms with Crippen LogP contribution >= 0.6 is 0 Å². The van der Waals surface area contributed by atoms with Crippen LogP contribution in [-0.2, 0) is 27.6 Å². The molecule has 0 fully saturated rings. The molecule has 0 unspecified atom stereocenters. The Kier molecular flexibility index (Phi) is 6.81. The number of H-pyrrole nitrogens is 1. The summed E-state index contributed by atoms with van der Waals surface area (Å²) in [6, 6.07) is 10.1. The van der Waals surface area contributed by atoms with Crippen molar-refractivity contribution in [2.75, 3.05) is 12.9 Å². The summed E-state index contributed by atoms with van der Waals surface area (Å²) in [6.45, 7) is 5.40. The largest absolute Gasteiger partial charge is 0.399 e. The predicted octanol–water partition coefficient (Wildman–Crippen LogP) is 3.00. The highest BCUT2D eigenvalue weighted by Gasteiger charge is 2.35. The highest BCUT2D eigenvalue weighted by atomic mass is 32.2. The molecule has 0 bridgehead atoms. The fourth-order valence-corrected chi connectivity index (χ4v) is 6.55. The average Bonchev–Trinajstić information content (AvgIpc) is 3.17. The molecule has 3 aromatic rings. The summed E-state index contributed by atoms with van der Waals surface area (Å²) in [7, 11) is -2.21. The molecule has 1 N–H and O–H groups in total. The van der Waals surface area contributed by atoms with Crippen molar-refractivity contribution in [3.05, 3.63) is 85.8 Å². The van der Waals surface area contributed by atoms with E-state index in [0.29, 0.717) is 34.5 Å². The van der Waals surface area contributed by atoms with Gasteiger partial charge in [-0.3, -0.25) is 24.2 Å². The molecule has 0 amide bonds. The second-order valence-corrected chi connectivity index (χ2v) is 10.7. The van der Waals surface area contributed by atoms with Crippen molar-refractivity contribution in [2.24, 2.45) is 5.16 Å². The van der Waals surface area contributed by atoms with E-state index in [0.717, 1.165) is 0 Å². The van der Waals surface area contributed by atoms with Crippen molar-refractivity contribution < 1.29 is 22.8 Å². The van der Waals surface area contributed by atoms with Crippen LogP contribution in [0.25, 0.3) is 0 Å². The van der Waals surface area contributed by atoms with Crippen LogP contribution in [-0.4, -0.2) is 48.3 Å². The number of carbonyl (C=O) groups excluding carboxylic acids is 2. The molecular formula is C26H27N3O6S. The number of hydrogen-bond donors (Lipinski definition) is 1. The minimum Gasteiger partial charge on any atom is -0.399 e. The third kappa shape index (κ3) is 4.32. The Hall–Kier alpha value is -3.79. The van der Waals surface area contributed by atoms with Crippen LogP contribution in [0.5, 0.6) is 0 Å². The third-order valence-corrected chi connectivity index (χ3v) is 8.31. The van der Waals surface area contributed by atoms with E-state index in [9.17, 15) is 22.8 Å². The number of nitrogens with zero attached hydrogens (tertiary/aromatic N) is 2. The molecule has 188 valence electrons. The predicted molar refractivity (Wildman–Crippen MR) is 135 cm³/mol. The number of Topliss-reactive ketones (excluding diaryl/α,β-unsaturated/α-hetero) is 1. The number of aryl methyl sites for hydroxylation is 2. The molecule has 0 aliphatic carbocycles. The van der Waals surface area contributed by atoms with Gasteiger partial charge in [0.1, 0.15) is 12.7 Å². The van der Waals surface area contributed by atoms with E-state index in [2.05, 4.69) is 10.3 Å². The molecule has 0 saturated carbocycles. The summed E-state index contributed by atoms with van der Waals surface area (Å²) >= 11 is 0. The topological polar surface area (TPSA) is 128 Å². The molecule has 10 heteroatoms. The lowest BCUT2D eigenvalue weighted by Crippen LogP contribution is -2.26. The van der Waals surface area contributed by atoms with Crippen LogP contribution in [0, 0.1) is 13.8 Å². The maximum absolute atomic E-state index is 13.9. The van der Waals surface area contributed by atoms with Crippen molar-refractivity contribution in [1.29, 1.82) is 0 Å². The summed E-state index contributed by atoms with van der Waals surface area (Å²) in [6.07, 6.45) is -0.00385. The highest BCUT2D eigenvalue weighted by molar-refractivity contribution is 7.91. The maximum atomic E-state index is 13.9. The minimum absolute atomic E-state index is 0.111. The Morgan fingerprint density at radius 2 is 1.86 bits per heavy atom. The van der Waals surface area contributed by atoms with E-state index in [1.807, 2.05) is 0 Å². The van der Waals surface area contributed by atoms with Crippen molar-refractivity contribution in [3.8, 4) is 0 Å². The Morgan fingerprint density at radius 3 is 2.50 bits per heavy atom. The lowest BCUT2D eigenvalue weighted by molar-refractivity contribution is 0.0990. The summed E-state index contributed by atoms with van der Waals surface area (Å²) < 4.78 is 27.3. The number of fused-ring (bicyclic) bond motifs is 1. The van der Waals surface area contributed by atoms with Gasteiger partial charge in [-0.15, -0.1) is 0 Å². The molecule has 1 aliphatic heterocycles. The molecule has 0 radical (unpaired) electrons. The Labute approximate surface area is 208 Å². The summed E-state index contributed by atoms with van der Waals surface area (Å²) in [5, 5.41) is 6.67. The molecule has 2 heterocycles. The van der Waals surface area contributed by atoms with Crippen LogP contribution in [0.1, 0.15) is 62.0 Å². The van der Waals surface area contributed by atoms with E-state index in [-0.39, 0.29) is 46.1 Å². The van der Waals surface area contributed by atoms with Gasteiger partial charge in [0.25, 0.3) is 5.56 Å². The molecule has 1 aromatic heterocycles. The van der Waals surface area contributed by atoms with E-state index in [1.165, 1.54) is 17.9 Å². The molecule has 36 heavy (non-hydrogen) atoms. The normalized spacial score (nSPS) is 15.5. The molecule has 4 rings (SSSR count). The Morgan fingerprint density at radius 1 is 1.17 bits per heavy atom. The average molecular weight is 510 g/mol. The zero-order chi connectivity index (χ0) is 26.2. The quantitative estimate of drug-likeness (QED) is 0.385. The number of carbonyl (C=O) groups is 2. The first kappa shape index (κ1) is 25.3. The summed E-state index contributed by atoms with van der Waals surface area (Å²) in [4.78, 5) is 44.8. The summed E-state index contributed by atoms with van der Waals surface area (Å²) in [5.74, 6) is -0.923. The molecule has 0 saturated heterocycles. The zero-order valence-electron chi connectivity index (χ0n) is 20.5. The number of benzene rings is 2. The van der Waals surface area contributed by atoms with Gasteiger partial charge in [0.15, 0.2) is 15.6 Å². The minimum atomic E-state index is -3.58. The van der Waals surface area contributed by atoms with Crippen LogP contribution in [0.4, 0.5) is 0 Å². The van der Waals surface area contributed by atoms with E-state index < -0.39 is 21.2 Å². The van der Waals surface area contributed by atoms with E-state index in [4.69, 9.17) is 4.84 Å². The van der Waals surface area contributed by atoms with Crippen molar-refractivity contribution >= 4 is 27.1 Å². The number of rotatable bonds is 7. The molecule has 1 aliphatic rings. The Balaban J connectivity index is 1.89. The number of aromatic amines is 1. The fourth-order valence-electron chi connectivity index (χ4n) is 4.75. The molecule has 0 spiro atoms. The zero-order valence-corrected chi connectivity index (χ0v) is 21.4. The second-order valence-electron chi connectivity index (χ2n) is 8.66. The first-order valence-corrected chi connectivity index (χ1v) is 13.2. The standard InChI is InChI=1S/C26H27N3O6S/c1-5-29-20(14-21(30)17-9-7-6-8-10-17)23(26(32)27-29)24(31)18-13-15(2)25-22(16(18)3)19(28-35-4)11-12-36(25,33)34/h6-10,13H,5,11-12,14H2,1-4H3,(H,27,32). The van der Waals surface area contributed by atoms with Crippen LogP contribution < -0.4 is 5.56 Å². The van der Waals surface area contributed by atoms with Gasteiger partial charge < -0.3 is 4.84 Å². The van der Waals surface area contributed by atoms with Crippen LogP contribution in [0.3, 0.4) is 0 Å². The van der Waals surface area contributed by atoms with Crippen LogP contribution in [0.15, 0.2) is 51.2 Å². The maximum Gasteiger partial charge on any atom is 0.275 e. The number of oxime groups is 1. The van der Waals surface area contributed by atoms with E-state index in [1.54, 1.807) is 51.1 Å². The molecule has 0 atom stereocenters. The first-order valence-electron chi connectivity index (χ1n) is 11.5. The summed E-state index contributed by atoms with van der Waals surface area (Å²) in [5.41, 5.74) is 1.74. The molecule has 9 nitrogen and oxygen atoms in total. The first-order chi connectivity index (χ1) is 17.1. The van der Waals surface area contributed by atoms with Gasteiger partial charge in [0, 0.05) is 29.7 Å². The van der Waals surface area contributed by atoms with Crippen molar-refractivity contribution in [3.63, 3.8) is 0 Å². The SMILES string of the molecule is CCn1[nH]c(=O)c(C(=O)c2cc(C)c3c(c2C)C(=NOC)CCS3(=O)=O)c1CC(=O)c1ccccc1. The fraction of sp³-hybridized carbons (Fsp3) is 0.308. The number of nitrogens with one attached hydrogen (secondary N) is 1. The second kappa shape index (κ2) is 9.69. The van der Waals surface area contributed by atoms with E-state index >= 15 is 0 Å². The Bertz CT molecular complexity index is 1560. The van der Waals surface area contributed by atoms with Crippen LogP contribution in [0.2, 0.25) is 0 Å². The lowest BCUT2D eigenvalue weighted by Gasteiger charge is -2.23. The van der Waals surface area contributed by atoms with Gasteiger partial charge in [-0.1, -0.05) is 35.5 Å². The number of aromatic nitrogens is 2. The van der Waals surface area contributed by atoms with Gasteiger partial charge in [-0.05, 0) is 38.0 Å². The van der Waals surface area contributed by atoms with Gasteiger partial charge in [-0.25, -0.2) is 8.42 Å². The van der Waals surface area contributed by atoms with Crippen molar-refractivity contribution in [1.82, 2.24) is 9.78 Å². The van der Waals surface area contributed by atoms with Gasteiger partial charge >= 0.3 is 0 Å². The monoisotopic (exact) mass is 509 g/mol. The smallest absolute Gasteiger partial charge is 0.275 e. The number of sulfone groups is 1. The number of ketones is 2. The lowest BCUT2D eigenvalue weighted by atomic mass is 9.90.